The van der Waals surface area contributed by atoms with Gasteiger partial charge in [-0.15, -0.1) is 0 Å². The third kappa shape index (κ3) is 1.18. The van der Waals surface area contributed by atoms with Gasteiger partial charge in [0.15, 0.2) is 0 Å². The van der Waals surface area contributed by atoms with Crippen molar-refractivity contribution in [1.82, 2.24) is 4.98 Å². The molecule has 0 fully saturated rings. The number of aryl methyl sites for hydroxylation is 2. The summed E-state index contributed by atoms with van der Waals surface area (Å²) in [5, 5.41) is 0.927. The molecule has 0 aliphatic carbocycles. The largest absolute Gasteiger partial charge is 0.253 e. The minimum atomic E-state index is 0.558. The summed E-state index contributed by atoms with van der Waals surface area (Å²) in [7, 11) is 0. The smallest absolute Gasteiger partial charge is 0.0707 e. The van der Waals surface area contributed by atoms with Crippen LogP contribution in [0, 0.1) is 13.8 Å². The van der Waals surface area contributed by atoms with Crippen molar-refractivity contribution >= 4 is 10.9 Å². The molecular weight excluding hydrogens is 146 g/mol. The van der Waals surface area contributed by atoms with Gasteiger partial charge >= 0.3 is 0 Å². The van der Waals surface area contributed by atoms with Gasteiger partial charge in [-0.3, -0.25) is 4.98 Å². The molecule has 0 aliphatic heterocycles. The van der Waals surface area contributed by atoms with E-state index >= 15 is 0 Å². The van der Waals surface area contributed by atoms with Crippen LogP contribution < -0.4 is 0 Å². The van der Waals surface area contributed by atoms with E-state index in [1.165, 1.54) is 5.56 Å². The molecule has 2 aromatic rings. The van der Waals surface area contributed by atoms with Gasteiger partial charge in [0, 0.05) is 11.1 Å². The number of benzene rings is 1. The van der Waals surface area contributed by atoms with Gasteiger partial charge in [0.1, 0.15) is 0 Å². The van der Waals surface area contributed by atoms with Crippen LogP contribution in [0.2, 0.25) is 0 Å². The molecule has 0 bridgehead atoms. The number of nitrogens with zero attached hydrogens (tertiary/aromatic N) is 1. The Balaban J connectivity index is 2.86. The van der Waals surface area contributed by atoms with E-state index in [-0.39, 0.29) is 0 Å². The Kier molecular flexibility index (Phi) is 1.34. The van der Waals surface area contributed by atoms with Crippen molar-refractivity contribution in [3.05, 3.63) is 41.6 Å². The maximum atomic E-state index is 7.74. The first-order chi connectivity index (χ1) is 6.16. The molecule has 1 heterocycles. The molecule has 1 aromatic carbocycles. The molecule has 0 aliphatic rings. The molecule has 1 nitrogen and oxygen atoms in total. The lowest BCUT2D eigenvalue weighted by atomic mass is 10.1. The van der Waals surface area contributed by atoms with E-state index in [1.807, 2.05) is 32.0 Å². The molecule has 2 rings (SSSR count). The zero-order valence-electron chi connectivity index (χ0n) is 8.26. The first-order valence-electron chi connectivity index (χ1n) is 4.51. The first-order valence-corrected chi connectivity index (χ1v) is 4.01. The number of rotatable bonds is 0. The van der Waals surface area contributed by atoms with Gasteiger partial charge in [-0.1, -0.05) is 18.2 Å². The van der Waals surface area contributed by atoms with E-state index < -0.39 is 0 Å². The minimum absolute atomic E-state index is 0.558. The van der Waals surface area contributed by atoms with Gasteiger partial charge in [-0.05, 0) is 31.5 Å². The Morgan fingerprint density at radius 2 is 2.08 bits per heavy atom. The Morgan fingerprint density at radius 1 is 1.25 bits per heavy atom. The van der Waals surface area contributed by atoms with E-state index in [9.17, 15) is 0 Å². The number of hydrogen-bond acceptors (Lipinski definition) is 1. The van der Waals surface area contributed by atoms with Crippen LogP contribution in [-0.4, -0.2) is 4.98 Å². The summed E-state index contributed by atoms with van der Waals surface area (Å²) in [5.74, 6) is 0. The fourth-order valence-corrected chi connectivity index (χ4v) is 1.26. The van der Waals surface area contributed by atoms with Gasteiger partial charge in [-0.25, -0.2) is 0 Å². The van der Waals surface area contributed by atoms with E-state index in [0.717, 1.165) is 16.6 Å². The van der Waals surface area contributed by atoms with Crippen molar-refractivity contribution < 1.29 is 1.37 Å². The van der Waals surface area contributed by atoms with Gasteiger partial charge in [-0.2, -0.15) is 0 Å². The Labute approximate surface area is 73.5 Å². The predicted octanol–water partition coefficient (Wildman–Crippen LogP) is 2.85. The molecule has 0 amide bonds. The molecule has 1 aromatic heterocycles. The molecule has 0 unspecified atom stereocenters. The van der Waals surface area contributed by atoms with E-state index in [1.54, 1.807) is 6.07 Å². The number of hydrogen-bond donors (Lipinski definition) is 0. The van der Waals surface area contributed by atoms with Crippen LogP contribution >= 0.6 is 0 Å². The second-order valence-corrected chi connectivity index (χ2v) is 3.06. The summed E-state index contributed by atoms with van der Waals surface area (Å²) in [6, 6.07) is 8.33. The Bertz CT molecular complexity index is 458. The second kappa shape index (κ2) is 2.59. The summed E-state index contributed by atoms with van der Waals surface area (Å²) in [6.45, 7) is 3.95. The maximum absolute atomic E-state index is 7.74. The van der Waals surface area contributed by atoms with Gasteiger partial charge < -0.3 is 0 Å². The molecule has 0 saturated heterocycles. The standard InChI is InChI=1S/C11H11N/c1-8-3-5-10-6-4-9(2)12-11(10)7-8/h3-7H,1-2H3/i6D. The summed E-state index contributed by atoms with van der Waals surface area (Å²) < 4.78 is 7.74. The van der Waals surface area contributed by atoms with Crippen molar-refractivity contribution in [1.29, 1.82) is 0 Å². The van der Waals surface area contributed by atoms with Crippen LogP contribution in [0.4, 0.5) is 0 Å². The van der Waals surface area contributed by atoms with Crippen LogP contribution in [0.25, 0.3) is 10.9 Å². The fourth-order valence-electron chi connectivity index (χ4n) is 1.26. The number of fused-ring (bicyclic) bond motifs is 1. The average molecular weight is 158 g/mol. The maximum Gasteiger partial charge on any atom is 0.0707 e. The van der Waals surface area contributed by atoms with Gasteiger partial charge in [0.2, 0.25) is 0 Å². The molecule has 60 valence electrons. The van der Waals surface area contributed by atoms with E-state index in [2.05, 4.69) is 4.98 Å². The van der Waals surface area contributed by atoms with Crippen LogP contribution in [0.5, 0.6) is 0 Å². The summed E-state index contributed by atoms with van der Waals surface area (Å²) in [5.41, 5.74) is 3.01. The fraction of sp³-hybridized carbons (Fsp3) is 0.182. The number of pyridine rings is 1. The monoisotopic (exact) mass is 158 g/mol. The molecule has 0 saturated carbocycles. The second-order valence-electron chi connectivity index (χ2n) is 3.06. The summed E-state index contributed by atoms with van der Waals surface area (Å²) in [6.07, 6.45) is 0. The quantitative estimate of drug-likeness (QED) is 0.574. The van der Waals surface area contributed by atoms with Gasteiger partial charge in [0.25, 0.3) is 0 Å². The highest BCUT2D eigenvalue weighted by molar-refractivity contribution is 5.79. The molecule has 12 heavy (non-hydrogen) atoms. The molecule has 0 N–H and O–H groups in total. The van der Waals surface area contributed by atoms with E-state index in [0.29, 0.717) is 6.04 Å². The van der Waals surface area contributed by atoms with Crippen LogP contribution in [0.1, 0.15) is 12.6 Å². The molecule has 0 atom stereocenters. The topological polar surface area (TPSA) is 12.9 Å². The lowest BCUT2D eigenvalue weighted by Gasteiger charge is -1.99. The normalized spacial score (nSPS) is 11.7. The average Bonchev–Trinajstić information content (AvgIpc) is 2.02. The van der Waals surface area contributed by atoms with Crippen LogP contribution in [-0.2, 0) is 0 Å². The SMILES string of the molecule is [2H]c1cc(C)nc2cc(C)ccc12. The highest BCUT2D eigenvalue weighted by atomic mass is 14.7. The third-order valence-electron chi connectivity index (χ3n) is 1.89. The van der Waals surface area contributed by atoms with Crippen molar-refractivity contribution in [2.45, 2.75) is 13.8 Å². The van der Waals surface area contributed by atoms with Crippen molar-refractivity contribution in [2.75, 3.05) is 0 Å². The van der Waals surface area contributed by atoms with Gasteiger partial charge in [0.05, 0.1) is 6.89 Å². The predicted molar refractivity (Wildman–Crippen MR) is 51.2 cm³/mol. The lowest BCUT2D eigenvalue weighted by Crippen LogP contribution is -1.83. The van der Waals surface area contributed by atoms with Crippen molar-refractivity contribution in [3.63, 3.8) is 0 Å². The van der Waals surface area contributed by atoms with Crippen molar-refractivity contribution in [3.8, 4) is 0 Å². The highest BCUT2D eigenvalue weighted by Gasteiger charge is 1.94. The molecule has 1 heteroatoms. The van der Waals surface area contributed by atoms with E-state index in [4.69, 9.17) is 1.37 Å². The zero-order chi connectivity index (χ0) is 9.42. The zero-order valence-corrected chi connectivity index (χ0v) is 7.26. The van der Waals surface area contributed by atoms with Crippen molar-refractivity contribution in [2.24, 2.45) is 0 Å². The minimum Gasteiger partial charge on any atom is -0.253 e. The third-order valence-corrected chi connectivity index (χ3v) is 1.89. The summed E-state index contributed by atoms with van der Waals surface area (Å²) >= 11 is 0. The van der Waals surface area contributed by atoms with Crippen LogP contribution in [0.15, 0.2) is 30.3 Å². The molecule has 0 radical (unpaired) electrons. The Morgan fingerprint density at radius 3 is 2.92 bits per heavy atom. The highest BCUT2D eigenvalue weighted by Crippen LogP contribution is 2.13. The Hall–Kier alpha value is -1.37. The van der Waals surface area contributed by atoms with Crippen LogP contribution in [0.3, 0.4) is 0 Å². The number of aromatic nitrogens is 1. The summed E-state index contributed by atoms with van der Waals surface area (Å²) in [4.78, 5) is 4.38. The molecular formula is C11H11N. The molecule has 0 spiro atoms. The lowest BCUT2D eigenvalue weighted by molar-refractivity contribution is 1.25. The first kappa shape index (κ1) is 6.18.